The fraction of sp³-hybridized carbons (Fsp3) is 0.521. The molecule has 0 radical (unpaired) electrons. The van der Waals surface area contributed by atoms with Crippen LogP contribution in [0.5, 0.6) is 5.75 Å². The normalized spacial score (nSPS) is 23.0. The molecule has 4 aromatic rings. The zero-order chi connectivity index (χ0) is 46.7. The molecular formula is C48H56ClFN10O7. The van der Waals surface area contributed by atoms with Crippen LogP contribution < -0.4 is 36.0 Å². The van der Waals surface area contributed by atoms with Crippen LogP contribution in [0.15, 0.2) is 47.4 Å². The number of piperidine rings is 3. The number of nitrogens with one attached hydrogen (secondary N) is 3. The van der Waals surface area contributed by atoms with E-state index >= 15 is 4.39 Å². The SMILES string of the molecule is CNC(=O)COc1cc2cc(Nc3nc(N4CCC(OC5CC(N6CCC7(CC6)CN(c6ccc8c(c6F)CN(C6CCC(=O)NC6=O)C8=O)C7)C5)CC4)ncc3Cl)ccc2n(C(C)C)c1=O. The van der Waals surface area contributed by atoms with Gasteiger partial charge in [0.15, 0.2) is 24.0 Å². The van der Waals surface area contributed by atoms with E-state index in [1.165, 1.54) is 11.9 Å². The number of aromatic nitrogens is 3. The molecule has 2 aromatic carbocycles. The Bertz CT molecular complexity index is 2690. The third-order valence-corrected chi connectivity index (χ3v) is 15.0. The first-order valence-electron chi connectivity index (χ1n) is 23.4. The van der Waals surface area contributed by atoms with Crippen LogP contribution in [-0.2, 0) is 25.7 Å². The van der Waals surface area contributed by atoms with E-state index < -0.39 is 11.9 Å². The van der Waals surface area contributed by atoms with Gasteiger partial charge < -0.3 is 44.3 Å². The molecule has 5 aliphatic heterocycles. The average Bonchev–Trinajstić information content (AvgIpc) is 3.63. The molecule has 10 rings (SSSR count). The maximum Gasteiger partial charge on any atom is 0.293 e. The largest absolute Gasteiger partial charge is 0.478 e. The highest BCUT2D eigenvalue weighted by molar-refractivity contribution is 6.33. The van der Waals surface area contributed by atoms with Gasteiger partial charge in [-0.1, -0.05) is 11.6 Å². The van der Waals surface area contributed by atoms with Crippen molar-refractivity contribution in [1.82, 2.24) is 35.0 Å². The van der Waals surface area contributed by atoms with Gasteiger partial charge in [-0.25, -0.2) is 9.37 Å². The number of rotatable bonds is 12. The second kappa shape index (κ2) is 18.0. The fourth-order valence-electron chi connectivity index (χ4n) is 10.8. The second-order valence-electron chi connectivity index (χ2n) is 19.3. The number of hydrogen-bond acceptors (Lipinski definition) is 13. The van der Waals surface area contributed by atoms with Crippen molar-refractivity contribution in [2.45, 2.75) is 102 Å². The molecule has 6 aliphatic rings. The number of ether oxygens (including phenoxy) is 2. The van der Waals surface area contributed by atoms with Gasteiger partial charge in [-0.05, 0) is 108 Å². The number of benzene rings is 2. The van der Waals surface area contributed by atoms with Gasteiger partial charge in [-0.3, -0.25) is 29.3 Å². The van der Waals surface area contributed by atoms with Crippen LogP contribution in [0.2, 0.25) is 5.02 Å². The van der Waals surface area contributed by atoms with Gasteiger partial charge in [0.25, 0.3) is 17.4 Å². The van der Waals surface area contributed by atoms with Gasteiger partial charge >= 0.3 is 0 Å². The zero-order valence-electron chi connectivity index (χ0n) is 38.0. The molecule has 354 valence electrons. The number of likely N-dealkylation sites (tertiary alicyclic amines) is 1. The van der Waals surface area contributed by atoms with E-state index in [1.807, 2.05) is 32.0 Å². The highest BCUT2D eigenvalue weighted by atomic mass is 35.5. The Hall–Kier alpha value is -5.85. The summed E-state index contributed by atoms with van der Waals surface area (Å²) >= 11 is 6.61. The standard InChI is InChI=1S/C48H56ClFN10O7/c1-27(2)60-36-6-4-29(18-28(36)19-39(46(60)65)66-24-41(62)51-3)53-43-35(49)22-52-47(55-43)57-14-10-31(11-15-57)67-32-20-30(21-32)56-16-12-48(13-17-56)25-58(26-48)37-7-5-33-34(42(37)50)23-59(45(33)64)38-8-9-40(61)54-44(38)63/h4-7,18-19,22,27,30-32,38H,8-17,20-21,23-26H2,1-3H3,(H,51,62)(H,52,53,55)(H,54,61,63). The number of fused-ring (bicyclic) bond motifs is 2. The first-order chi connectivity index (χ1) is 32.3. The number of nitrogens with zero attached hydrogens (tertiary/aromatic N) is 7. The minimum atomic E-state index is -0.771. The Morgan fingerprint density at radius 1 is 0.985 bits per heavy atom. The van der Waals surface area contributed by atoms with Crippen LogP contribution in [0, 0.1) is 11.2 Å². The predicted octanol–water partition coefficient (Wildman–Crippen LogP) is 4.91. The van der Waals surface area contributed by atoms with Gasteiger partial charge in [0.2, 0.25) is 17.8 Å². The predicted molar refractivity (Wildman–Crippen MR) is 250 cm³/mol. The van der Waals surface area contributed by atoms with E-state index in [-0.39, 0.29) is 84.5 Å². The maximum absolute atomic E-state index is 16.0. The van der Waals surface area contributed by atoms with E-state index in [1.54, 1.807) is 29.0 Å². The summed E-state index contributed by atoms with van der Waals surface area (Å²) in [5.41, 5.74) is 2.43. The summed E-state index contributed by atoms with van der Waals surface area (Å²) in [6.45, 7) is 8.70. The van der Waals surface area contributed by atoms with Crippen molar-refractivity contribution in [3.63, 3.8) is 0 Å². The van der Waals surface area contributed by atoms with Gasteiger partial charge in [-0.15, -0.1) is 0 Å². The number of likely N-dealkylation sites (N-methyl/N-ethyl adjacent to an activating group) is 1. The van der Waals surface area contributed by atoms with Crippen molar-refractivity contribution in [1.29, 1.82) is 0 Å². The van der Waals surface area contributed by atoms with Crippen LogP contribution in [0.25, 0.3) is 10.9 Å². The lowest BCUT2D eigenvalue weighted by molar-refractivity contribution is -0.137. The van der Waals surface area contributed by atoms with E-state index in [9.17, 15) is 24.0 Å². The summed E-state index contributed by atoms with van der Waals surface area (Å²) in [6, 6.07) is 10.3. The second-order valence-corrected chi connectivity index (χ2v) is 19.7. The van der Waals surface area contributed by atoms with E-state index in [0.29, 0.717) is 45.3 Å². The van der Waals surface area contributed by atoms with E-state index in [0.717, 1.165) is 88.7 Å². The Morgan fingerprint density at radius 2 is 1.75 bits per heavy atom. The van der Waals surface area contributed by atoms with Crippen molar-refractivity contribution >= 4 is 69.3 Å². The molecule has 17 nitrogen and oxygen atoms in total. The molecule has 3 N–H and O–H groups in total. The molecule has 1 unspecified atom stereocenters. The smallest absolute Gasteiger partial charge is 0.293 e. The Labute approximate surface area is 392 Å². The number of pyridine rings is 1. The first kappa shape index (κ1) is 45.0. The highest BCUT2D eigenvalue weighted by Gasteiger charge is 2.49. The molecule has 1 saturated carbocycles. The third-order valence-electron chi connectivity index (χ3n) is 14.7. The summed E-state index contributed by atoms with van der Waals surface area (Å²) in [5, 5.41) is 9.26. The third kappa shape index (κ3) is 8.67. The van der Waals surface area contributed by atoms with Gasteiger partial charge in [0.05, 0.1) is 36.2 Å². The molecule has 1 atom stereocenters. The fourth-order valence-corrected chi connectivity index (χ4v) is 11.0. The van der Waals surface area contributed by atoms with Crippen LogP contribution in [0.3, 0.4) is 0 Å². The van der Waals surface area contributed by atoms with Crippen molar-refractivity contribution in [3.8, 4) is 5.75 Å². The number of carbonyl (C=O) groups is 4. The average molecular weight is 939 g/mol. The van der Waals surface area contributed by atoms with Crippen molar-refractivity contribution in [2.75, 3.05) is 68.0 Å². The van der Waals surface area contributed by atoms with Crippen LogP contribution in [0.1, 0.15) is 87.2 Å². The Balaban J connectivity index is 0.677. The molecule has 1 aliphatic carbocycles. The number of halogens is 2. The van der Waals surface area contributed by atoms with E-state index in [2.05, 4.69) is 35.6 Å². The lowest BCUT2D eigenvalue weighted by Crippen LogP contribution is -2.62. The van der Waals surface area contributed by atoms with Gasteiger partial charge in [-0.2, -0.15) is 4.98 Å². The number of imide groups is 1. The number of amides is 4. The number of hydrogen-bond donors (Lipinski definition) is 3. The van der Waals surface area contributed by atoms with Crippen LogP contribution in [0.4, 0.5) is 27.5 Å². The molecule has 0 bridgehead atoms. The molecule has 19 heteroatoms. The quantitative estimate of drug-likeness (QED) is 0.163. The summed E-state index contributed by atoms with van der Waals surface area (Å²) in [7, 11) is 1.51. The summed E-state index contributed by atoms with van der Waals surface area (Å²) < 4.78 is 29.9. The van der Waals surface area contributed by atoms with E-state index in [4.69, 9.17) is 26.1 Å². The molecular weight excluding hydrogens is 883 g/mol. The topological polar surface area (TPSA) is 184 Å². The summed E-state index contributed by atoms with van der Waals surface area (Å²) in [4.78, 5) is 80.0. The molecule has 7 heterocycles. The molecule has 4 saturated heterocycles. The van der Waals surface area contributed by atoms with Gasteiger partial charge in [0.1, 0.15) is 11.1 Å². The Morgan fingerprint density at radius 3 is 2.46 bits per heavy atom. The lowest BCUT2D eigenvalue weighted by atomic mass is 9.71. The van der Waals surface area contributed by atoms with Gasteiger partial charge in [0, 0.05) is 79.3 Å². The number of carbonyl (C=O) groups excluding carboxylic acids is 4. The molecule has 4 amide bonds. The van der Waals surface area contributed by atoms with Crippen molar-refractivity contribution in [2.24, 2.45) is 5.41 Å². The van der Waals surface area contributed by atoms with Crippen LogP contribution in [-0.4, -0.2) is 125 Å². The van der Waals surface area contributed by atoms with Crippen molar-refractivity contribution < 1.29 is 33.0 Å². The molecule has 67 heavy (non-hydrogen) atoms. The molecule has 5 fully saturated rings. The maximum atomic E-state index is 16.0. The Kier molecular flexibility index (Phi) is 12.1. The minimum Gasteiger partial charge on any atom is -0.478 e. The summed E-state index contributed by atoms with van der Waals surface area (Å²) in [5.74, 6) is -0.802. The highest BCUT2D eigenvalue weighted by Crippen LogP contribution is 2.46. The van der Waals surface area contributed by atoms with Crippen LogP contribution >= 0.6 is 11.6 Å². The summed E-state index contributed by atoms with van der Waals surface area (Å²) in [6.07, 6.45) is 8.32. The molecule has 2 aromatic heterocycles. The first-order valence-corrected chi connectivity index (χ1v) is 23.8. The number of anilines is 4. The zero-order valence-corrected chi connectivity index (χ0v) is 38.7. The monoisotopic (exact) mass is 938 g/mol. The lowest BCUT2D eigenvalue weighted by Gasteiger charge is -2.57. The van der Waals surface area contributed by atoms with Crippen molar-refractivity contribution in [3.05, 3.63) is 74.9 Å². The minimum absolute atomic E-state index is 0.0292. The molecule has 1 spiro atoms.